The van der Waals surface area contributed by atoms with Gasteiger partial charge in [0.15, 0.2) is 0 Å². The zero-order valence-corrected chi connectivity index (χ0v) is 9.31. The molecule has 86 valence electrons. The van der Waals surface area contributed by atoms with Crippen LogP contribution in [0.2, 0.25) is 0 Å². The van der Waals surface area contributed by atoms with Crippen LogP contribution in [-0.4, -0.2) is 35.7 Å². The average molecular weight is 220 g/mol. The van der Waals surface area contributed by atoms with Crippen LogP contribution in [0.1, 0.15) is 17.2 Å². The number of nitrogens with zero attached hydrogens (tertiary/aromatic N) is 1. The lowest BCUT2D eigenvalue weighted by atomic mass is 10.1. The monoisotopic (exact) mass is 220 g/mol. The Morgan fingerprint density at radius 3 is 2.75 bits per heavy atom. The van der Waals surface area contributed by atoms with Crippen LogP contribution in [0.15, 0.2) is 24.3 Å². The Labute approximate surface area is 94.9 Å². The zero-order valence-electron chi connectivity index (χ0n) is 9.31. The molecule has 0 aliphatic carbocycles. The van der Waals surface area contributed by atoms with E-state index in [9.17, 15) is 4.79 Å². The van der Waals surface area contributed by atoms with Crippen LogP contribution in [-0.2, 0) is 0 Å². The topological polar surface area (TPSA) is 52.6 Å². The van der Waals surface area contributed by atoms with E-state index in [-0.39, 0.29) is 18.7 Å². The first-order valence-electron chi connectivity index (χ1n) is 5.44. The highest BCUT2D eigenvalue weighted by molar-refractivity contribution is 5.77. The lowest BCUT2D eigenvalue weighted by Crippen LogP contribution is -2.32. The third-order valence-corrected chi connectivity index (χ3v) is 2.89. The summed E-state index contributed by atoms with van der Waals surface area (Å²) in [5.41, 5.74) is 2.31. The number of hydrogen-bond acceptors (Lipinski definition) is 2. The minimum Gasteiger partial charge on any atom is -0.395 e. The molecule has 1 saturated heterocycles. The van der Waals surface area contributed by atoms with Gasteiger partial charge in [0.1, 0.15) is 0 Å². The summed E-state index contributed by atoms with van der Waals surface area (Å²) in [6.45, 7) is 3.02. The van der Waals surface area contributed by atoms with E-state index in [1.165, 1.54) is 5.56 Å². The number of β-amino-alcohol motifs (C(OH)–C–C–N with tert-alkyl or cyclic N) is 1. The number of carbonyl (C=O) groups is 1. The molecule has 0 spiro atoms. The van der Waals surface area contributed by atoms with Gasteiger partial charge in [-0.25, -0.2) is 4.79 Å². The fourth-order valence-electron chi connectivity index (χ4n) is 1.99. The molecule has 0 bridgehead atoms. The van der Waals surface area contributed by atoms with Gasteiger partial charge in [0.05, 0.1) is 12.6 Å². The normalized spacial score (nSPS) is 20.0. The molecule has 1 fully saturated rings. The van der Waals surface area contributed by atoms with Gasteiger partial charge in [0, 0.05) is 13.1 Å². The van der Waals surface area contributed by atoms with Crippen LogP contribution >= 0.6 is 0 Å². The molecule has 1 aliphatic rings. The van der Waals surface area contributed by atoms with Crippen LogP contribution < -0.4 is 5.32 Å². The standard InChI is InChI=1S/C12H16N2O2/c1-9-2-4-10(5-3-9)11-8-13-12(16)14(11)6-7-15/h2-5,11,15H,6-8H2,1H3,(H,13,16). The van der Waals surface area contributed by atoms with Crippen molar-refractivity contribution in [2.24, 2.45) is 0 Å². The lowest BCUT2D eigenvalue weighted by molar-refractivity contribution is 0.179. The average Bonchev–Trinajstić information content (AvgIpc) is 2.63. The third-order valence-electron chi connectivity index (χ3n) is 2.89. The van der Waals surface area contributed by atoms with Crippen LogP contribution in [0.4, 0.5) is 4.79 Å². The highest BCUT2D eigenvalue weighted by Crippen LogP contribution is 2.24. The van der Waals surface area contributed by atoms with Crippen molar-refractivity contribution in [3.63, 3.8) is 0 Å². The summed E-state index contributed by atoms with van der Waals surface area (Å²) in [6.07, 6.45) is 0. The molecule has 16 heavy (non-hydrogen) atoms. The molecule has 4 nitrogen and oxygen atoms in total. The molecule has 0 radical (unpaired) electrons. The number of amides is 2. The van der Waals surface area contributed by atoms with Crippen LogP contribution in [0.3, 0.4) is 0 Å². The van der Waals surface area contributed by atoms with Gasteiger partial charge in [0.2, 0.25) is 0 Å². The Bertz CT molecular complexity index is 375. The number of carbonyl (C=O) groups excluding carboxylic acids is 1. The molecule has 1 aromatic carbocycles. The molecule has 0 saturated carbocycles. The number of urea groups is 1. The minimum atomic E-state index is -0.0976. The fourth-order valence-corrected chi connectivity index (χ4v) is 1.99. The van der Waals surface area contributed by atoms with Gasteiger partial charge in [-0.2, -0.15) is 0 Å². The van der Waals surface area contributed by atoms with Gasteiger partial charge in [0.25, 0.3) is 0 Å². The maximum Gasteiger partial charge on any atom is 0.318 e. The Morgan fingerprint density at radius 2 is 2.12 bits per heavy atom. The van der Waals surface area contributed by atoms with E-state index in [0.29, 0.717) is 13.1 Å². The summed E-state index contributed by atoms with van der Waals surface area (Å²) in [7, 11) is 0. The summed E-state index contributed by atoms with van der Waals surface area (Å²) >= 11 is 0. The molecular formula is C12H16N2O2. The fraction of sp³-hybridized carbons (Fsp3) is 0.417. The van der Waals surface area contributed by atoms with E-state index in [0.717, 1.165) is 5.56 Å². The van der Waals surface area contributed by atoms with E-state index in [1.54, 1.807) is 4.90 Å². The van der Waals surface area contributed by atoms with E-state index in [1.807, 2.05) is 31.2 Å². The number of aliphatic hydroxyl groups is 1. The summed E-state index contributed by atoms with van der Waals surface area (Å²) < 4.78 is 0. The number of nitrogens with one attached hydrogen (secondary N) is 1. The molecule has 1 unspecified atom stereocenters. The highest BCUT2D eigenvalue weighted by atomic mass is 16.3. The Morgan fingerprint density at radius 1 is 1.44 bits per heavy atom. The highest BCUT2D eigenvalue weighted by Gasteiger charge is 2.30. The Hall–Kier alpha value is -1.55. The number of hydrogen-bond donors (Lipinski definition) is 2. The summed E-state index contributed by atoms with van der Waals surface area (Å²) in [5.74, 6) is 0. The first-order chi connectivity index (χ1) is 7.72. The van der Waals surface area contributed by atoms with Crippen molar-refractivity contribution in [3.8, 4) is 0 Å². The second kappa shape index (κ2) is 4.53. The molecule has 1 atom stereocenters. The Kier molecular flexibility index (Phi) is 3.10. The third kappa shape index (κ3) is 2.02. The first kappa shape index (κ1) is 11.0. The van der Waals surface area contributed by atoms with E-state index >= 15 is 0 Å². The van der Waals surface area contributed by atoms with Gasteiger partial charge in [-0.15, -0.1) is 0 Å². The smallest absolute Gasteiger partial charge is 0.318 e. The van der Waals surface area contributed by atoms with Crippen molar-refractivity contribution < 1.29 is 9.90 Å². The second-order valence-corrected chi connectivity index (χ2v) is 4.03. The molecule has 1 heterocycles. The number of benzene rings is 1. The van der Waals surface area contributed by atoms with E-state index in [4.69, 9.17) is 5.11 Å². The number of aryl methyl sites for hydroxylation is 1. The predicted molar refractivity (Wildman–Crippen MR) is 61.1 cm³/mol. The molecule has 2 amide bonds. The molecule has 1 aliphatic heterocycles. The van der Waals surface area contributed by atoms with Gasteiger partial charge in [-0.3, -0.25) is 0 Å². The molecule has 4 heteroatoms. The summed E-state index contributed by atoms with van der Waals surface area (Å²) in [6, 6.07) is 8.08. The maximum absolute atomic E-state index is 11.5. The van der Waals surface area contributed by atoms with Crippen LogP contribution in [0, 0.1) is 6.92 Å². The largest absolute Gasteiger partial charge is 0.395 e. The molecule has 2 N–H and O–H groups in total. The molecule has 1 aromatic rings. The number of aliphatic hydroxyl groups excluding tert-OH is 1. The van der Waals surface area contributed by atoms with Crippen molar-refractivity contribution in [1.29, 1.82) is 0 Å². The van der Waals surface area contributed by atoms with Crippen LogP contribution in [0.5, 0.6) is 0 Å². The maximum atomic E-state index is 11.5. The number of rotatable bonds is 3. The zero-order chi connectivity index (χ0) is 11.5. The van der Waals surface area contributed by atoms with Crippen molar-refractivity contribution in [2.75, 3.05) is 19.7 Å². The minimum absolute atomic E-state index is 0.00419. The van der Waals surface area contributed by atoms with E-state index in [2.05, 4.69) is 5.32 Å². The van der Waals surface area contributed by atoms with Crippen molar-refractivity contribution in [1.82, 2.24) is 10.2 Å². The summed E-state index contributed by atoms with van der Waals surface area (Å²) in [5, 5.41) is 11.7. The van der Waals surface area contributed by atoms with Crippen molar-refractivity contribution >= 4 is 6.03 Å². The van der Waals surface area contributed by atoms with Gasteiger partial charge < -0.3 is 15.3 Å². The lowest BCUT2D eigenvalue weighted by Gasteiger charge is -2.22. The first-order valence-corrected chi connectivity index (χ1v) is 5.44. The second-order valence-electron chi connectivity index (χ2n) is 4.03. The van der Waals surface area contributed by atoms with Crippen molar-refractivity contribution in [2.45, 2.75) is 13.0 Å². The molecule has 0 aromatic heterocycles. The van der Waals surface area contributed by atoms with Crippen molar-refractivity contribution in [3.05, 3.63) is 35.4 Å². The van der Waals surface area contributed by atoms with Gasteiger partial charge in [-0.1, -0.05) is 29.8 Å². The Balaban J connectivity index is 2.19. The quantitative estimate of drug-likeness (QED) is 0.800. The predicted octanol–water partition coefficient (Wildman–Crippen LogP) is 1.05. The molecule has 2 rings (SSSR count). The molecular weight excluding hydrogens is 204 g/mol. The van der Waals surface area contributed by atoms with Crippen LogP contribution in [0.25, 0.3) is 0 Å². The summed E-state index contributed by atoms with van der Waals surface area (Å²) in [4.78, 5) is 13.2. The SMILES string of the molecule is Cc1ccc(C2CNC(=O)N2CCO)cc1. The van der Waals surface area contributed by atoms with Gasteiger partial charge in [-0.05, 0) is 12.5 Å². The van der Waals surface area contributed by atoms with Gasteiger partial charge >= 0.3 is 6.03 Å². The van der Waals surface area contributed by atoms with E-state index < -0.39 is 0 Å².